The quantitative estimate of drug-likeness (QED) is 0.716. The van der Waals surface area contributed by atoms with Gasteiger partial charge in [-0.1, -0.05) is 13.3 Å². The lowest BCUT2D eigenvalue weighted by Crippen LogP contribution is -2.62. The molecular formula is C21H30O6. The van der Waals surface area contributed by atoms with E-state index in [1.165, 1.54) is 13.2 Å². The van der Waals surface area contributed by atoms with Crippen LogP contribution in [0.15, 0.2) is 11.6 Å². The summed E-state index contributed by atoms with van der Waals surface area (Å²) in [6.07, 6.45) is 5.90. The van der Waals surface area contributed by atoms with Gasteiger partial charge in [0.25, 0.3) is 0 Å². The summed E-state index contributed by atoms with van der Waals surface area (Å²) in [6.45, 7) is 3.99. The Labute approximate surface area is 159 Å². The van der Waals surface area contributed by atoms with Gasteiger partial charge in [0.2, 0.25) is 5.79 Å². The monoisotopic (exact) mass is 378 g/mol. The van der Waals surface area contributed by atoms with Crippen LogP contribution in [0.3, 0.4) is 0 Å². The van der Waals surface area contributed by atoms with E-state index in [2.05, 4.69) is 0 Å². The Kier molecular flexibility index (Phi) is 4.24. The average Bonchev–Trinajstić information content (AvgIpc) is 2.95. The van der Waals surface area contributed by atoms with E-state index in [-0.39, 0.29) is 36.2 Å². The van der Waals surface area contributed by atoms with E-state index < -0.39 is 22.6 Å². The third-order valence-corrected chi connectivity index (χ3v) is 8.41. The summed E-state index contributed by atoms with van der Waals surface area (Å²) in [6, 6.07) is 0. The Balaban J connectivity index is 1.77. The highest BCUT2D eigenvalue weighted by atomic mass is 16.7. The standard InChI is InChI=1S/C21H30O6/c1-12-13-5-6-16-19(2,18(24)26-3)7-4-8-20(16,11-22)15(13)10-21(25)14(12)9-17(23)27-21/h9,12-13,15-16,22,25H,4-8,10-11H2,1-3H3. The Morgan fingerprint density at radius 1 is 1.37 bits per heavy atom. The molecule has 2 N–H and O–H groups in total. The molecule has 3 fully saturated rings. The number of hydrogen-bond acceptors (Lipinski definition) is 6. The number of ether oxygens (including phenoxy) is 2. The van der Waals surface area contributed by atoms with Gasteiger partial charge in [0.1, 0.15) is 0 Å². The molecule has 0 aromatic carbocycles. The van der Waals surface area contributed by atoms with Gasteiger partial charge in [-0.25, -0.2) is 4.79 Å². The van der Waals surface area contributed by atoms with Crippen molar-refractivity contribution < 1.29 is 29.3 Å². The molecule has 4 rings (SSSR count). The van der Waals surface area contributed by atoms with Crippen LogP contribution >= 0.6 is 0 Å². The lowest BCUT2D eigenvalue weighted by Gasteiger charge is -2.63. The maximum absolute atomic E-state index is 12.7. The lowest BCUT2D eigenvalue weighted by atomic mass is 9.42. The first kappa shape index (κ1) is 18.9. The number of methoxy groups -OCH3 is 1. The van der Waals surface area contributed by atoms with E-state index in [1.54, 1.807) is 0 Å². The molecule has 1 aliphatic heterocycles. The Morgan fingerprint density at radius 2 is 2.11 bits per heavy atom. The predicted molar refractivity (Wildman–Crippen MR) is 96.1 cm³/mol. The van der Waals surface area contributed by atoms with Gasteiger partial charge < -0.3 is 19.7 Å². The van der Waals surface area contributed by atoms with E-state index in [9.17, 15) is 19.8 Å². The first-order valence-electron chi connectivity index (χ1n) is 10.1. The molecule has 150 valence electrons. The number of rotatable bonds is 2. The van der Waals surface area contributed by atoms with Crippen molar-refractivity contribution in [3.8, 4) is 0 Å². The molecule has 7 atom stereocenters. The van der Waals surface area contributed by atoms with Crippen LogP contribution in [0.5, 0.6) is 0 Å². The molecule has 3 saturated carbocycles. The Morgan fingerprint density at radius 3 is 2.78 bits per heavy atom. The number of carbonyl (C=O) groups excluding carboxylic acids is 2. The second-order valence-electron chi connectivity index (χ2n) is 9.35. The molecule has 3 aliphatic carbocycles. The largest absolute Gasteiger partial charge is 0.469 e. The normalized spacial score (nSPS) is 48.6. The molecule has 0 aromatic heterocycles. The molecule has 0 spiro atoms. The molecule has 0 amide bonds. The SMILES string of the molecule is COC(=O)C1(C)CCCC2(CO)C3CC4(O)OC(=O)C=C4C(C)C3CCC12. The summed E-state index contributed by atoms with van der Waals surface area (Å²) in [4.78, 5) is 24.5. The molecule has 0 bridgehead atoms. The van der Waals surface area contributed by atoms with Crippen molar-refractivity contribution in [2.75, 3.05) is 13.7 Å². The Hall–Kier alpha value is -1.40. The maximum Gasteiger partial charge on any atom is 0.333 e. The van der Waals surface area contributed by atoms with Crippen molar-refractivity contribution in [2.24, 2.45) is 34.5 Å². The summed E-state index contributed by atoms with van der Waals surface area (Å²) in [5.74, 6) is -2.01. The molecule has 4 aliphatic rings. The summed E-state index contributed by atoms with van der Waals surface area (Å²) >= 11 is 0. The topological polar surface area (TPSA) is 93.1 Å². The fourth-order valence-electron chi connectivity index (χ4n) is 7.21. The molecule has 6 heteroatoms. The molecule has 6 nitrogen and oxygen atoms in total. The van der Waals surface area contributed by atoms with Crippen LogP contribution in [0, 0.1) is 34.5 Å². The van der Waals surface area contributed by atoms with Gasteiger partial charge in [0.15, 0.2) is 0 Å². The van der Waals surface area contributed by atoms with Gasteiger partial charge in [-0.2, -0.15) is 0 Å². The van der Waals surface area contributed by atoms with Crippen molar-refractivity contribution in [2.45, 2.75) is 58.2 Å². The summed E-state index contributed by atoms with van der Waals surface area (Å²) < 4.78 is 10.5. The predicted octanol–water partition coefficient (Wildman–Crippen LogP) is 2.18. The number of aliphatic hydroxyl groups is 2. The smallest absolute Gasteiger partial charge is 0.333 e. The zero-order chi connectivity index (χ0) is 19.6. The van der Waals surface area contributed by atoms with E-state index >= 15 is 0 Å². The molecular weight excluding hydrogens is 348 g/mol. The number of esters is 2. The highest BCUT2D eigenvalue weighted by Gasteiger charge is 2.66. The van der Waals surface area contributed by atoms with Crippen molar-refractivity contribution in [1.29, 1.82) is 0 Å². The van der Waals surface area contributed by atoms with Crippen LogP contribution in [0.4, 0.5) is 0 Å². The van der Waals surface area contributed by atoms with Crippen LogP contribution in [-0.4, -0.2) is 41.7 Å². The van der Waals surface area contributed by atoms with Crippen molar-refractivity contribution >= 4 is 11.9 Å². The van der Waals surface area contributed by atoms with Gasteiger partial charge in [0, 0.05) is 30.1 Å². The number of carbonyl (C=O) groups is 2. The van der Waals surface area contributed by atoms with Gasteiger partial charge in [-0.3, -0.25) is 4.79 Å². The van der Waals surface area contributed by atoms with Crippen molar-refractivity contribution in [3.05, 3.63) is 11.6 Å². The van der Waals surface area contributed by atoms with Crippen LogP contribution in [0.2, 0.25) is 0 Å². The fourth-order valence-corrected chi connectivity index (χ4v) is 7.21. The van der Waals surface area contributed by atoms with Crippen molar-refractivity contribution in [3.63, 3.8) is 0 Å². The fraction of sp³-hybridized carbons (Fsp3) is 0.810. The molecule has 0 saturated heterocycles. The van der Waals surface area contributed by atoms with E-state index in [1.807, 2.05) is 13.8 Å². The highest BCUT2D eigenvalue weighted by molar-refractivity contribution is 5.86. The van der Waals surface area contributed by atoms with Crippen LogP contribution < -0.4 is 0 Å². The zero-order valence-corrected chi connectivity index (χ0v) is 16.4. The second-order valence-corrected chi connectivity index (χ2v) is 9.35. The van der Waals surface area contributed by atoms with Crippen LogP contribution in [-0.2, 0) is 19.1 Å². The highest BCUT2D eigenvalue weighted by Crippen LogP contribution is 2.66. The average molecular weight is 378 g/mol. The second kappa shape index (κ2) is 6.05. The minimum atomic E-state index is -1.57. The van der Waals surface area contributed by atoms with Gasteiger partial charge >= 0.3 is 11.9 Å². The minimum absolute atomic E-state index is 0.00381. The first-order valence-corrected chi connectivity index (χ1v) is 10.1. The van der Waals surface area contributed by atoms with Gasteiger partial charge in [-0.15, -0.1) is 0 Å². The van der Waals surface area contributed by atoms with Gasteiger partial charge in [0.05, 0.1) is 12.5 Å². The van der Waals surface area contributed by atoms with E-state index in [0.29, 0.717) is 12.0 Å². The van der Waals surface area contributed by atoms with Crippen molar-refractivity contribution in [1.82, 2.24) is 0 Å². The first-order chi connectivity index (χ1) is 12.7. The molecule has 0 radical (unpaired) electrons. The van der Waals surface area contributed by atoms with E-state index in [0.717, 1.165) is 32.1 Å². The maximum atomic E-state index is 12.7. The number of hydrogen-bond donors (Lipinski definition) is 2. The molecule has 27 heavy (non-hydrogen) atoms. The number of fused-ring (bicyclic) bond motifs is 4. The van der Waals surface area contributed by atoms with Gasteiger partial charge in [-0.05, 0) is 56.3 Å². The third-order valence-electron chi connectivity index (χ3n) is 8.41. The Bertz CT molecular complexity index is 701. The third kappa shape index (κ3) is 2.38. The molecule has 7 unspecified atom stereocenters. The summed E-state index contributed by atoms with van der Waals surface area (Å²) in [5.41, 5.74) is -0.421. The molecule has 0 aromatic rings. The number of aliphatic hydroxyl groups excluding tert-OH is 1. The minimum Gasteiger partial charge on any atom is -0.469 e. The molecule has 1 heterocycles. The van der Waals surface area contributed by atoms with E-state index in [4.69, 9.17) is 9.47 Å². The lowest BCUT2D eigenvalue weighted by molar-refractivity contribution is -0.230. The van der Waals surface area contributed by atoms with Crippen LogP contribution in [0.1, 0.15) is 52.4 Å². The summed E-state index contributed by atoms with van der Waals surface area (Å²) in [5, 5.41) is 21.7. The summed E-state index contributed by atoms with van der Waals surface area (Å²) in [7, 11) is 1.43. The van der Waals surface area contributed by atoms with Crippen LogP contribution in [0.25, 0.3) is 0 Å². The zero-order valence-electron chi connectivity index (χ0n) is 16.4.